The molecule has 0 aliphatic rings. The SMILES string of the molecule is CSc1cc(F)cc(OCCC(C)C)c1. The van der Waals surface area contributed by atoms with Gasteiger partial charge in [-0.25, -0.2) is 4.39 Å². The monoisotopic (exact) mass is 228 g/mol. The molecule has 0 atom stereocenters. The van der Waals surface area contributed by atoms with Gasteiger partial charge in [0.15, 0.2) is 0 Å². The molecule has 0 unspecified atom stereocenters. The van der Waals surface area contributed by atoms with Crippen molar-refractivity contribution >= 4 is 11.8 Å². The van der Waals surface area contributed by atoms with Gasteiger partial charge in [0.05, 0.1) is 6.61 Å². The van der Waals surface area contributed by atoms with Gasteiger partial charge in [0, 0.05) is 11.0 Å². The topological polar surface area (TPSA) is 9.23 Å². The lowest BCUT2D eigenvalue weighted by Gasteiger charge is -2.09. The summed E-state index contributed by atoms with van der Waals surface area (Å²) in [5.41, 5.74) is 0. The Morgan fingerprint density at radius 3 is 2.67 bits per heavy atom. The first-order valence-electron chi connectivity index (χ1n) is 5.09. The van der Waals surface area contributed by atoms with Crippen LogP contribution in [0.2, 0.25) is 0 Å². The van der Waals surface area contributed by atoms with E-state index in [0.717, 1.165) is 11.3 Å². The Morgan fingerprint density at radius 1 is 1.33 bits per heavy atom. The minimum absolute atomic E-state index is 0.235. The summed E-state index contributed by atoms with van der Waals surface area (Å²) in [5, 5.41) is 0. The van der Waals surface area contributed by atoms with Crippen molar-refractivity contribution in [1.29, 1.82) is 0 Å². The third-order valence-electron chi connectivity index (χ3n) is 2.04. The molecule has 1 nitrogen and oxygen atoms in total. The highest BCUT2D eigenvalue weighted by Crippen LogP contribution is 2.23. The van der Waals surface area contributed by atoms with Gasteiger partial charge in [0.2, 0.25) is 0 Å². The highest BCUT2D eigenvalue weighted by molar-refractivity contribution is 7.98. The number of ether oxygens (including phenoxy) is 1. The van der Waals surface area contributed by atoms with Crippen LogP contribution in [0.1, 0.15) is 20.3 Å². The number of benzene rings is 1. The van der Waals surface area contributed by atoms with E-state index in [4.69, 9.17) is 4.74 Å². The predicted octanol–water partition coefficient (Wildman–Crippen LogP) is 3.97. The smallest absolute Gasteiger partial charge is 0.128 e. The van der Waals surface area contributed by atoms with Crippen molar-refractivity contribution in [2.24, 2.45) is 5.92 Å². The van der Waals surface area contributed by atoms with Gasteiger partial charge >= 0.3 is 0 Å². The number of halogens is 1. The van der Waals surface area contributed by atoms with Crippen LogP contribution < -0.4 is 4.74 Å². The summed E-state index contributed by atoms with van der Waals surface area (Å²) < 4.78 is 18.6. The van der Waals surface area contributed by atoms with E-state index < -0.39 is 0 Å². The van der Waals surface area contributed by atoms with E-state index in [2.05, 4.69) is 13.8 Å². The molecule has 0 aromatic heterocycles. The Morgan fingerprint density at radius 2 is 2.07 bits per heavy atom. The van der Waals surface area contributed by atoms with Gasteiger partial charge in [0.1, 0.15) is 11.6 Å². The first kappa shape index (κ1) is 12.4. The fourth-order valence-corrected chi connectivity index (χ4v) is 1.62. The second-order valence-corrected chi connectivity index (χ2v) is 4.74. The Labute approximate surface area is 95.0 Å². The first-order chi connectivity index (χ1) is 7.11. The van der Waals surface area contributed by atoms with Crippen LogP contribution in [-0.2, 0) is 0 Å². The van der Waals surface area contributed by atoms with E-state index in [1.54, 1.807) is 0 Å². The van der Waals surface area contributed by atoms with E-state index >= 15 is 0 Å². The number of hydrogen-bond acceptors (Lipinski definition) is 2. The second kappa shape index (κ2) is 6.01. The van der Waals surface area contributed by atoms with Gasteiger partial charge in [0.25, 0.3) is 0 Å². The zero-order valence-corrected chi connectivity index (χ0v) is 10.2. The lowest BCUT2D eigenvalue weighted by atomic mass is 10.1. The maximum absolute atomic E-state index is 13.1. The van der Waals surface area contributed by atoms with Crippen molar-refractivity contribution in [1.82, 2.24) is 0 Å². The summed E-state index contributed by atoms with van der Waals surface area (Å²) in [4.78, 5) is 0.898. The largest absolute Gasteiger partial charge is 0.493 e. The molecular formula is C12H17FOS. The summed E-state index contributed by atoms with van der Waals surface area (Å²) in [6.07, 6.45) is 2.91. The number of thioether (sulfide) groups is 1. The highest BCUT2D eigenvalue weighted by Gasteiger charge is 2.01. The van der Waals surface area contributed by atoms with Gasteiger partial charge in [-0.05, 0) is 30.7 Å². The molecule has 0 radical (unpaired) electrons. The van der Waals surface area contributed by atoms with Crippen LogP contribution in [0.3, 0.4) is 0 Å². The molecule has 0 aliphatic carbocycles. The van der Waals surface area contributed by atoms with Crippen molar-refractivity contribution in [3.8, 4) is 5.75 Å². The van der Waals surface area contributed by atoms with Crippen molar-refractivity contribution in [2.75, 3.05) is 12.9 Å². The highest BCUT2D eigenvalue weighted by atomic mass is 32.2. The summed E-state index contributed by atoms with van der Waals surface area (Å²) in [7, 11) is 0. The Kier molecular flexibility index (Phi) is 4.95. The van der Waals surface area contributed by atoms with Crippen LogP contribution in [0.5, 0.6) is 5.75 Å². The maximum Gasteiger partial charge on any atom is 0.128 e. The molecule has 1 aromatic carbocycles. The molecule has 0 amide bonds. The molecule has 0 saturated carbocycles. The lowest BCUT2D eigenvalue weighted by Crippen LogP contribution is -2.01. The van der Waals surface area contributed by atoms with Crippen molar-refractivity contribution in [3.63, 3.8) is 0 Å². The molecule has 0 fully saturated rings. The standard InChI is InChI=1S/C12H17FOS/c1-9(2)4-5-14-11-6-10(13)7-12(8-11)15-3/h6-9H,4-5H2,1-3H3. The minimum atomic E-state index is -0.235. The summed E-state index contributed by atoms with van der Waals surface area (Å²) in [6.45, 7) is 4.93. The fraction of sp³-hybridized carbons (Fsp3) is 0.500. The van der Waals surface area contributed by atoms with Gasteiger partial charge < -0.3 is 4.74 Å². The summed E-state index contributed by atoms with van der Waals surface area (Å²) >= 11 is 1.52. The van der Waals surface area contributed by atoms with Crippen LogP contribution in [0, 0.1) is 11.7 Å². The average molecular weight is 228 g/mol. The van der Waals surface area contributed by atoms with Crippen LogP contribution in [0.25, 0.3) is 0 Å². The van der Waals surface area contributed by atoms with Crippen LogP contribution in [-0.4, -0.2) is 12.9 Å². The second-order valence-electron chi connectivity index (χ2n) is 3.86. The Bertz CT molecular complexity index is 312. The minimum Gasteiger partial charge on any atom is -0.493 e. The van der Waals surface area contributed by atoms with E-state index in [1.165, 1.54) is 23.9 Å². The summed E-state index contributed by atoms with van der Waals surface area (Å²) in [5.74, 6) is 1.000. The third kappa shape index (κ3) is 4.56. The van der Waals surface area contributed by atoms with Gasteiger partial charge in [-0.1, -0.05) is 13.8 Å². The van der Waals surface area contributed by atoms with Gasteiger partial charge in [-0.3, -0.25) is 0 Å². The van der Waals surface area contributed by atoms with Gasteiger partial charge in [-0.15, -0.1) is 11.8 Å². The van der Waals surface area contributed by atoms with E-state index in [1.807, 2.05) is 12.3 Å². The summed E-state index contributed by atoms with van der Waals surface area (Å²) in [6, 6.07) is 4.81. The molecule has 1 aromatic rings. The third-order valence-corrected chi connectivity index (χ3v) is 2.75. The average Bonchev–Trinajstić information content (AvgIpc) is 2.16. The van der Waals surface area contributed by atoms with E-state index in [0.29, 0.717) is 18.3 Å². The van der Waals surface area contributed by atoms with Crippen LogP contribution >= 0.6 is 11.8 Å². The first-order valence-corrected chi connectivity index (χ1v) is 6.31. The quantitative estimate of drug-likeness (QED) is 0.705. The molecule has 3 heteroatoms. The van der Waals surface area contributed by atoms with Crippen LogP contribution in [0.4, 0.5) is 4.39 Å². The Balaban J connectivity index is 2.56. The number of hydrogen-bond donors (Lipinski definition) is 0. The number of rotatable bonds is 5. The molecule has 0 spiro atoms. The van der Waals surface area contributed by atoms with Crippen molar-refractivity contribution in [2.45, 2.75) is 25.2 Å². The fourth-order valence-electron chi connectivity index (χ4n) is 1.15. The normalized spacial score (nSPS) is 10.7. The van der Waals surface area contributed by atoms with Gasteiger partial charge in [-0.2, -0.15) is 0 Å². The van der Waals surface area contributed by atoms with Crippen molar-refractivity contribution in [3.05, 3.63) is 24.0 Å². The molecule has 1 rings (SSSR count). The Hall–Kier alpha value is -0.700. The zero-order chi connectivity index (χ0) is 11.3. The zero-order valence-electron chi connectivity index (χ0n) is 9.42. The van der Waals surface area contributed by atoms with Crippen LogP contribution in [0.15, 0.2) is 23.1 Å². The molecule has 0 aliphatic heterocycles. The molecule has 15 heavy (non-hydrogen) atoms. The van der Waals surface area contributed by atoms with Crippen molar-refractivity contribution < 1.29 is 9.13 Å². The molecule has 84 valence electrons. The molecule has 0 saturated heterocycles. The maximum atomic E-state index is 13.1. The molecular weight excluding hydrogens is 211 g/mol. The molecule has 0 N–H and O–H groups in total. The lowest BCUT2D eigenvalue weighted by molar-refractivity contribution is 0.287. The molecule has 0 bridgehead atoms. The van der Waals surface area contributed by atoms with E-state index in [9.17, 15) is 4.39 Å². The molecule has 0 heterocycles. The predicted molar refractivity (Wildman–Crippen MR) is 63.1 cm³/mol. The van der Waals surface area contributed by atoms with E-state index in [-0.39, 0.29) is 5.82 Å².